The summed E-state index contributed by atoms with van der Waals surface area (Å²) in [7, 11) is 1.65. The number of methoxy groups -OCH3 is 1. The Bertz CT molecular complexity index is 430. The van der Waals surface area contributed by atoms with Gasteiger partial charge in [0.05, 0.1) is 11.5 Å². The zero-order valence-corrected chi connectivity index (χ0v) is 11.3. The molecule has 0 aliphatic heterocycles. The molecule has 0 saturated carbocycles. The number of nitrogens with zero attached hydrogens (tertiary/aromatic N) is 1. The normalized spacial score (nSPS) is 11.6. The van der Waals surface area contributed by atoms with Crippen molar-refractivity contribution in [1.82, 2.24) is 5.32 Å². The summed E-state index contributed by atoms with van der Waals surface area (Å²) in [6.07, 6.45) is 0. The molecule has 0 aliphatic carbocycles. The largest absolute Gasteiger partial charge is 0.383 e. The molecule has 0 amide bonds. The van der Waals surface area contributed by atoms with Crippen LogP contribution in [0, 0.1) is 17.0 Å². The Hall–Kier alpha value is -1.46. The highest BCUT2D eigenvalue weighted by atomic mass is 16.6. The van der Waals surface area contributed by atoms with Crippen LogP contribution in [-0.2, 0) is 11.3 Å². The maximum Gasteiger partial charge on any atom is 0.272 e. The Morgan fingerprint density at radius 3 is 2.67 bits per heavy atom. The summed E-state index contributed by atoms with van der Waals surface area (Å²) in [5.74, 6) is 0. The molecule has 0 radical (unpaired) electrons. The predicted octanol–water partition coefficient (Wildman–Crippen LogP) is 2.42. The number of hydrogen-bond donors (Lipinski definition) is 1. The van der Waals surface area contributed by atoms with E-state index >= 15 is 0 Å². The Morgan fingerprint density at radius 1 is 1.44 bits per heavy atom. The van der Waals surface area contributed by atoms with E-state index in [0.29, 0.717) is 18.7 Å². The van der Waals surface area contributed by atoms with Gasteiger partial charge in [0.1, 0.15) is 0 Å². The summed E-state index contributed by atoms with van der Waals surface area (Å²) in [6, 6.07) is 5.29. The summed E-state index contributed by atoms with van der Waals surface area (Å²) in [6.45, 7) is 6.96. The summed E-state index contributed by atoms with van der Waals surface area (Å²) >= 11 is 0. The minimum atomic E-state index is -0.348. The van der Waals surface area contributed by atoms with E-state index in [1.165, 1.54) is 0 Å². The van der Waals surface area contributed by atoms with Gasteiger partial charge in [0.2, 0.25) is 0 Å². The first kappa shape index (κ1) is 14.6. The van der Waals surface area contributed by atoms with Crippen LogP contribution >= 0.6 is 0 Å². The van der Waals surface area contributed by atoms with Crippen LogP contribution in [0.15, 0.2) is 18.2 Å². The smallest absolute Gasteiger partial charge is 0.272 e. The van der Waals surface area contributed by atoms with Crippen LogP contribution in [0.1, 0.15) is 25.0 Å². The number of nitro groups is 1. The maximum atomic E-state index is 10.8. The fourth-order valence-corrected chi connectivity index (χ4v) is 1.71. The van der Waals surface area contributed by atoms with Crippen molar-refractivity contribution in [3.8, 4) is 0 Å². The first-order valence-electron chi connectivity index (χ1n) is 5.83. The molecule has 0 unspecified atom stereocenters. The zero-order valence-electron chi connectivity index (χ0n) is 11.3. The standard InChI is InChI=1S/C13H20N2O3/c1-10-5-6-11(7-12(10)15(16)17)8-14-13(2,3)9-18-4/h5-7,14H,8-9H2,1-4H3. The van der Waals surface area contributed by atoms with Gasteiger partial charge in [-0.3, -0.25) is 10.1 Å². The molecule has 0 spiro atoms. The molecule has 1 rings (SSSR count). The Kier molecular flexibility index (Phi) is 4.81. The minimum absolute atomic E-state index is 0.158. The lowest BCUT2D eigenvalue weighted by molar-refractivity contribution is -0.385. The molecule has 1 aromatic rings. The van der Waals surface area contributed by atoms with Crippen LogP contribution in [0.3, 0.4) is 0 Å². The minimum Gasteiger partial charge on any atom is -0.383 e. The van der Waals surface area contributed by atoms with E-state index in [0.717, 1.165) is 5.56 Å². The second kappa shape index (κ2) is 5.93. The molecule has 0 fully saturated rings. The van der Waals surface area contributed by atoms with E-state index in [1.54, 1.807) is 26.2 Å². The first-order valence-corrected chi connectivity index (χ1v) is 5.83. The third-order valence-corrected chi connectivity index (χ3v) is 2.75. The van der Waals surface area contributed by atoms with E-state index in [9.17, 15) is 10.1 Å². The van der Waals surface area contributed by atoms with Crippen molar-refractivity contribution >= 4 is 5.69 Å². The van der Waals surface area contributed by atoms with Crippen LogP contribution in [-0.4, -0.2) is 24.2 Å². The van der Waals surface area contributed by atoms with Crippen LogP contribution in [0.5, 0.6) is 0 Å². The van der Waals surface area contributed by atoms with E-state index in [2.05, 4.69) is 5.32 Å². The third kappa shape index (κ3) is 4.09. The molecule has 5 nitrogen and oxygen atoms in total. The van der Waals surface area contributed by atoms with Crippen molar-refractivity contribution in [2.24, 2.45) is 0 Å². The lowest BCUT2D eigenvalue weighted by Gasteiger charge is -2.25. The number of aryl methyl sites for hydroxylation is 1. The van der Waals surface area contributed by atoms with Crippen LogP contribution in [0.2, 0.25) is 0 Å². The van der Waals surface area contributed by atoms with Gasteiger partial charge in [0, 0.05) is 30.8 Å². The van der Waals surface area contributed by atoms with Gasteiger partial charge in [-0.25, -0.2) is 0 Å². The highest BCUT2D eigenvalue weighted by Gasteiger charge is 2.17. The van der Waals surface area contributed by atoms with Crippen molar-refractivity contribution in [2.45, 2.75) is 32.9 Å². The lowest BCUT2D eigenvalue weighted by Crippen LogP contribution is -2.42. The summed E-state index contributed by atoms with van der Waals surface area (Å²) < 4.78 is 5.11. The van der Waals surface area contributed by atoms with E-state index in [-0.39, 0.29) is 16.1 Å². The fourth-order valence-electron chi connectivity index (χ4n) is 1.71. The summed E-state index contributed by atoms with van der Waals surface area (Å²) in [5, 5.41) is 14.2. The van der Waals surface area contributed by atoms with Crippen LogP contribution in [0.25, 0.3) is 0 Å². The van der Waals surface area contributed by atoms with Crippen LogP contribution in [0.4, 0.5) is 5.69 Å². The van der Waals surface area contributed by atoms with Gasteiger partial charge in [0.25, 0.3) is 5.69 Å². The molecule has 0 bridgehead atoms. The monoisotopic (exact) mass is 252 g/mol. The molecule has 0 aliphatic rings. The molecule has 1 N–H and O–H groups in total. The zero-order chi connectivity index (χ0) is 13.8. The van der Waals surface area contributed by atoms with Gasteiger partial charge in [0.15, 0.2) is 0 Å². The molecule has 18 heavy (non-hydrogen) atoms. The van der Waals surface area contributed by atoms with Gasteiger partial charge in [-0.2, -0.15) is 0 Å². The molecular formula is C13H20N2O3. The Balaban J connectivity index is 2.74. The second-order valence-corrected chi connectivity index (χ2v) is 5.05. The molecule has 0 saturated heterocycles. The Labute approximate surface area is 107 Å². The number of nitrogens with one attached hydrogen (secondary N) is 1. The van der Waals surface area contributed by atoms with E-state index < -0.39 is 0 Å². The molecular weight excluding hydrogens is 232 g/mol. The number of nitro benzene ring substituents is 1. The van der Waals surface area contributed by atoms with E-state index in [1.807, 2.05) is 19.9 Å². The summed E-state index contributed by atoms with van der Waals surface area (Å²) in [4.78, 5) is 10.5. The van der Waals surface area contributed by atoms with Crippen LogP contribution < -0.4 is 5.32 Å². The predicted molar refractivity (Wildman–Crippen MR) is 70.6 cm³/mol. The number of rotatable bonds is 6. The average Bonchev–Trinajstić information content (AvgIpc) is 2.27. The van der Waals surface area contributed by atoms with Gasteiger partial charge in [-0.05, 0) is 26.3 Å². The van der Waals surface area contributed by atoms with Gasteiger partial charge >= 0.3 is 0 Å². The molecule has 0 aromatic heterocycles. The van der Waals surface area contributed by atoms with Crippen molar-refractivity contribution in [1.29, 1.82) is 0 Å². The third-order valence-electron chi connectivity index (χ3n) is 2.75. The van der Waals surface area contributed by atoms with Crippen molar-refractivity contribution in [2.75, 3.05) is 13.7 Å². The quantitative estimate of drug-likeness (QED) is 0.623. The lowest BCUT2D eigenvalue weighted by atomic mass is 10.1. The number of benzene rings is 1. The SMILES string of the molecule is COCC(C)(C)NCc1ccc(C)c([N+](=O)[O-])c1. The highest BCUT2D eigenvalue weighted by molar-refractivity contribution is 5.42. The first-order chi connectivity index (χ1) is 8.35. The molecule has 5 heteroatoms. The van der Waals surface area contributed by atoms with Gasteiger partial charge in [-0.15, -0.1) is 0 Å². The van der Waals surface area contributed by atoms with E-state index in [4.69, 9.17) is 4.74 Å². The second-order valence-electron chi connectivity index (χ2n) is 5.05. The van der Waals surface area contributed by atoms with Crippen molar-refractivity contribution in [3.63, 3.8) is 0 Å². The van der Waals surface area contributed by atoms with Crippen molar-refractivity contribution < 1.29 is 9.66 Å². The number of hydrogen-bond acceptors (Lipinski definition) is 4. The Morgan fingerprint density at radius 2 is 2.11 bits per heavy atom. The molecule has 0 atom stereocenters. The average molecular weight is 252 g/mol. The number of ether oxygens (including phenoxy) is 1. The van der Waals surface area contributed by atoms with Gasteiger partial charge in [-0.1, -0.05) is 12.1 Å². The van der Waals surface area contributed by atoms with Crippen molar-refractivity contribution in [3.05, 3.63) is 39.4 Å². The molecule has 0 heterocycles. The fraction of sp³-hybridized carbons (Fsp3) is 0.538. The van der Waals surface area contributed by atoms with Gasteiger partial charge < -0.3 is 10.1 Å². The highest BCUT2D eigenvalue weighted by Crippen LogP contribution is 2.19. The topological polar surface area (TPSA) is 64.4 Å². The molecule has 1 aromatic carbocycles. The maximum absolute atomic E-state index is 10.8. The molecule has 100 valence electrons. The summed E-state index contributed by atoms with van der Waals surface area (Å²) in [5.41, 5.74) is 1.59.